The summed E-state index contributed by atoms with van der Waals surface area (Å²) in [7, 11) is 0. The van der Waals surface area contributed by atoms with Gasteiger partial charge in [-0.15, -0.1) is 0 Å². The van der Waals surface area contributed by atoms with E-state index in [1.54, 1.807) is 0 Å². The van der Waals surface area contributed by atoms with Crippen LogP contribution in [0.25, 0.3) is 0 Å². The van der Waals surface area contributed by atoms with E-state index in [4.69, 9.17) is 0 Å². The molecule has 0 amide bonds. The third kappa shape index (κ3) is 1.11. The Morgan fingerprint density at radius 1 is 1.21 bits per heavy atom. The molecule has 0 radical (unpaired) electrons. The van der Waals surface area contributed by atoms with Gasteiger partial charge in [-0.2, -0.15) is 0 Å². The highest BCUT2D eigenvalue weighted by Gasteiger charge is 2.38. The van der Waals surface area contributed by atoms with E-state index in [2.05, 4.69) is 34.9 Å². The lowest BCUT2D eigenvalue weighted by Crippen LogP contribution is -2.49. The topological polar surface area (TPSA) is 24.1 Å². The van der Waals surface area contributed by atoms with Crippen LogP contribution in [0.3, 0.4) is 0 Å². The zero-order chi connectivity index (χ0) is 9.43. The summed E-state index contributed by atoms with van der Waals surface area (Å²) in [5.74, 6) is 0. The molecule has 1 fully saturated rings. The zero-order valence-electron chi connectivity index (χ0n) is 8.34. The molecule has 1 spiro atoms. The third-order valence-electron chi connectivity index (χ3n) is 3.53. The van der Waals surface area contributed by atoms with Gasteiger partial charge in [0.1, 0.15) is 0 Å². The Morgan fingerprint density at radius 2 is 2.14 bits per heavy atom. The van der Waals surface area contributed by atoms with Gasteiger partial charge in [-0.25, -0.2) is 0 Å². The van der Waals surface area contributed by atoms with Crippen molar-refractivity contribution in [2.75, 3.05) is 13.1 Å². The highest BCUT2D eigenvalue weighted by atomic mass is 15.1. The van der Waals surface area contributed by atoms with E-state index in [0.717, 1.165) is 13.1 Å². The molecule has 1 aromatic carbocycles. The molecule has 1 atom stereocenters. The van der Waals surface area contributed by atoms with Crippen molar-refractivity contribution < 1.29 is 0 Å². The maximum Gasteiger partial charge on any atom is 0.0567 e. The van der Waals surface area contributed by atoms with Crippen LogP contribution >= 0.6 is 0 Å². The number of hydrogen-bond donors (Lipinski definition) is 2. The number of rotatable bonds is 0. The molecule has 0 aromatic heterocycles. The molecule has 14 heavy (non-hydrogen) atoms. The minimum Gasteiger partial charge on any atom is -0.315 e. The minimum atomic E-state index is 0.245. The van der Waals surface area contributed by atoms with E-state index in [1.807, 2.05) is 0 Å². The average molecular weight is 188 g/mol. The van der Waals surface area contributed by atoms with E-state index in [1.165, 1.54) is 30.5 Å². The van der Waals surface area contributed by atoms with Crippen molar-refractivity contribution in [1.82, 2.24) is 10.6 Å². The SMILES string of the molecule is c1ccc2c(c1)CNC21CCCNC1. The molecule has 2 heterocycles. The van der Waals surface area contributed by atoms with Crippen LogP contribution in [0.2, 0.25) is 0 Å². The first kappa shape index (κ1) is 8.45. The standard InChI is InChI=1S/C12H16N2/c1-2-5-11-10(4-1)8-14-12(11)6-3-7-13-9-12/h1-2,4-5,13-14H,3,6-9H2. The van der Waals surface area contributed by atoms with E-state index < -0.39 is 0 Å². The second-order valence-electron chi connectivity index (χ2n) is 4.37. The van der Waals surface area contributed by atoms with Crippen LogP contribution in [0.4, 0.5) is 0 Å². The van der Waals surface area contributed by atoms with Gasteiger partial charge in [0, 0.05) is 13.1 Å². The fourth-order valence-electron chi connectivity index (χ4n) is 2.79. The van der Waals surface area contributed by atoms with Crippen LogP contribution in [0, 0.1) is 0 Å². The van der Waals surface area contributed by atoms with Crippen molar-refractivity contribution >= 4 is 0 Å². The van der Waals surface area contributed by atoms with E-state index >= 15 is 0 Å². The Labute approximate surface area is 84.7 Å². The molecule has 2 aliphatic heterocycles. The Kier molecular flexibility index (Phi) is 1.85. The Bertz CT molecular complexity index is 334. The van der Waals surface area contributed by atoms with Crippen LogP contribution < -0.4 is 10.6 Å². The molecule has 74 valence electrons. The Hall–Kier alpha value is -0.860. The van der Waals surface area contributed by atoms with Gasteiger partial charge < -0.3 is 10.6 Å². The monoisotopic (exact) mass is 188 g/mol. The van der Waals surface area contributed by atoms with Gasteiger partial charge in [0.15, 0.2) is 0 Å². The molecular formula is C12H16N2. The normalized spacial score (nSPS) is 30.6. The number of fused-ring (bicyclic) bond motifs is 2. The van der Waals surface area contributed by atoms with Gasteiger partial charge in [-0.3, -0.25) is 0 Å². The molecule has 2 heteroatoms. The smallest absolute Gasteiger partial charge is 0.0567 e. The van der Waals surface area contributed by atoms with Crippen LogP contribution in [0.15, 0.2) is 24.3 Å². The molecule has 2 nitrogen and oxygen atoms in total. The molecule has 0 aliphatic carbocycles. The first-order valence-electron chi connectivity index (χ1n) is 5.45. The number of piperidine rings is 1. The summed E-state index contributed by atoms with van der Waals surface area (Å²) >= 11 is 0. The Morgan fingerprint density at radius 3 is 3.00 bits per heavy atom. The summed E-state index contributed by atoms with van der Waals surface area (Å²) in [4.78, 5) is 0. The first-order chi connectivity index (χ1) is 6.91. The van der Waals surface area contributed by atoms with E-state index in [9.17, 15) is 0 Å². The molecule has 0 bridgehead atoms. The highest BCUT2D eigenvalue weighted by Crippen LogP contribution is 2.35. The summed E-state index contributed by atoms with van der Waals surface area (Å²) in [6.07, 6.45) is 2.55. The summed E-state index contributed by atoms with van der Waals surface area (Å²) in [6.45, 7) is 3.30. The van der Waals surface area contributed by atoms with Gasteiger partial charge in [0.05, 0.1) is 5.54 Å². The minimum absolute atomic E-state index is 0.245. The number of benzene rings is 1. The molecular weight excluding hydrogens is 172 g/mol. The summed E-state index contributed by atoms with van der Waals surface area (Å²) in [5, 5.41) is 7.17. The van der Waals surface area contributed by atoms with Gasteiger partial charge >= 0.3 is 0 Å². The van der Waals surface area contributed by atoms with Crippen molar-refractivity contribution in [2.24, 2.45) is 0 Å². The van der Waals surface area contributed by atoms with Gasteiger partial charge in [-0.05, 0) is 30.5 Å². The van der Waals surface area contributed by atoms with Crippen molar-refractivity contribution in [2.45, 2.75) is 24.9 Å². The van der Waals surface area contributed by atoms with Gasteiger partial charge in [0.2, 0.25) is 0 Å². The van der Waals surface area contributed by atoms with Crippen molar-refractivity contribution in [1.29, 1.82) is 0 Å². The van der Waals surface area contributed by atoms with Gasteiger partial charge in [0.25, 0.3) is 0 Å². The first-order valence-corrected chi connectivity index (χ1v) is 5.45. The second kappa shape index (κ2) is 3.07. The van der Waals surface area contributed by atoms with Crippen molar-refractivity contribution in [3.8, 4) is 0 Å². The van der Waals surface area contributed by atoms with Crippen molar-refractivity contribution in [3.63, 3.8) is 0 Å². The molecule has 1 unspecified atom stereocenters. The lowest BCUT2D eigenvalue weighted by molar-refractivity contribution is 0.271. The predicted molar refractivity (Wildman–Crippen MR) is 57.1 cm³/mol. The van der Waals surface area contributed by atoms with Crippen molar-refractivity contribution in [3.05, 3.63) is 35.4 Å². The third-order valence-corrected chi connectivity index (χ3v) is 3.53. The molecule has 0 saturated carbocycles. The lowest BCUT2D eigenvalue weighted by Gasteiger charge is -2.35. The lowest BCUT2D eigenvalue weighted by atomic mass is 9.84. The Balaban J connectivity index is 2.03. The van der Waals surface area contributed by atoms with Crippen LogP contribution in [-0.4, -0.2) is 13.1 Å². The number of nitrogens with one attached hydrogen (secondary N) is 2. The molecule has 1 aromatic rings. The average Bonchev–Trinajstić information content (AvgIpc) is 2.60. The van der Waals surface area contributed by atoms with E-state index in [-0.39, 0.29) is 5.54 Å². The van der Waals surface area contributed by atoms with E-state index in [0.29, 0.717) is 0 Å². The quantitative estimate of drug-likeness (QED) is 0.642. The largest absolute Gasteiger partial charge is 0.315 e. The molecule has 2 aliphatic rings. The highest BCUT2D eigenvalue weighted by molar-refractivity contribution is 5.38. The molecule has 3 rings (SSSR count). The fraction of sp³-hybridized carbons (Fsp3) is 0.500. The maximum absolute atomic E-state index is 3.67. The summed E-state index contributed by atoms with van der Waals surface area (Å²) in [6, 6.07) is 8.81. The van der Waals surface area contributed by atoms with Crippen LogP contribution in [-0.2, 0) is 12.1 Å². The number of hydrogen-bond acceptors (Lipinski definition) is 2. The maximum atomic E-state index is 3.67. The van der Waals surface area contributed by atoms with Crippen LogP contribution in [0.5, 0.6) is 0 Å². The second-order valence-corrected chi connectivity index (χ2v) is 4.37. The molecule has 2 N–H and O–H groups in total. The van der Waals surface area contributed by atoms with Gasteiger partial charge in [-0.1, -0.05) is 24.3 Å². The summed E-state index contributed by atoms with van der Waals surface area (Å²) < 4.78 is 0. The summed E-state index contributed by atoms with van der Waals surface area (Å²) in [5.41, 5.74) is 3.25. The van der Waals surface area contributed by atoms with Crippen LogP contribution in [0.1, 0.15) is 24.0 Å². The zero-order valence-corrected chi connectivity index (χ0v) is 8.34. The molecule has 1 saturated heterocycles. The predicted octanol–water partition coefficient (Wildman–Crippen LogP) is 1.37. The fourth-order valence-corrected chi connectivity index (χ4v) is 2.79.